The summed E-state index contributed by atoms with van der Waals surface area (Å²) in [7, 11) is 1.63. The molecule has 0 aliphatic heterocycles. The first-order chi connectivity index (χ1) is 11.1. The summed E-state index contributed by atoms with van der Waals surface area (Å²) in [5, 5.41) is 2.85. The Balaban J connectivity index is 1.59. The monoisotopic (exact) mass is 311 g/mol. The Kier molecular flexibility index (Phi) is 4.23. The Labute approximate surface area is 132 Å². The lowest BCUT2D eigenvalue weighted by molar-refractivity contribution is -0.116. The topological polar surface area (TPSA) is 77.1 Å². The number of rotatable bonds is 5. The first-order valence-corrected chi connectivity index (χ1v) is 7.42. The molecule has 0 fully saturated rings. The molecule has 2 aromatic heterocycles. The number of hydrogen-bond acceptors (Lipinski definition) is 4. The van der Waals surface area contributed by atoms with Crippen LogP contribution >= 0.6 is 0 Å². The van der Waals surface area contributed by atoms with Crippen molar-refractivity contribution in [2.45, 2.75) is 19.3 Å². The predicted octanol–water partition coefficient (Wildman–Crippen LogP) is 2.49. The maximum atomic E-state index is 12.0. The summed E-state index contributed by atoms with van der Waals surface area (Å²) in [4.78, 5) is 27.5. The van der Waals surface area contributed by atoms with E-state index >= 15 is 0 Å². The molecule has 3 rings (SSSR count). The summed E-state index contributed by atoms with van der Waals surface area (Å²) in [6.45, 7) is 0. The predicted molar refractivity (Wildman–Crippen MR) is 87.3 cm³/mol. The molecule has 0 bridgehead atoms. The molecule has 6 heteroatoms. The van der Waals surface area contributed by atoms with E-state index in [0.29, 0.717) is 23.2 Å². The highest BCUT2D eigenvalue weighted by atomic mass is 16.4. The quantitative estimate of drug-likeness (QED) is 0.785. The molecule has 2 heterocycles. The lowest BCUT2D eigenvalue weighted by Crippen LogP contribution is -2.12. The fraction of sp³-hybridized carbons (Fsp3) is 0.235. The highest BCUT2D eigenvalue weighted by Gasteiger charge is 2.08. The number of carbonyl (C=O) groups is 1. The number of nitrogens with zero attached hydrogens (tertiary/aromatic N) is 2. The van der Waals surface area contributed by atoms with Crippen LogP contribution in [0.15, 0.2) is 51.9 Å². The molecule has 0 aliphatic rings. The molecule has 1 N–H and O–H groups in total. The Morgan fingerprint density at radius 1 is 1.35 bits per heavy atom. The van der Waals surface area contributed by atoms with Gasteiger partial charge in [0.05, 0.1) is 5.52 Å². The number of carbonyl (C=O) groups excluding carboxylic acids is 1. The van der Waals surface area contributed by atoms with Crippen molar-refractivity contribution in [1.29, 1.82) is 0 Å². The highest BCUT2D eigenvalue weighted by Crippen LogP contribution is 2.18. The minimum Gasteiger partial charge on any atom is -0.408 e. The fourth-order valence-electron chi connectivity index (χ4n) is 2.43. The molecule has 1 aromatic carbocycles. The van der Waals surface area contributed by atoms with Crippen molar-refractivity contribution in [3.63, 3.8) is 0 Å². The summed E-state index contributed by atoms with van der Waals surface area (Å²) < 4.78 is 6.47. The molecular weight excluding hydrogens is 294 g/mol. The van der Waals surface area contributed by atoms with Gasteiger partial charge < -0.3 is 9.73 Å². The number of fused-ring (bicyclic) bond motifs is 1. The Morgan fingerprint density at radius 3 is 3.00 bits per heavy atom. The fourth-order valence-corrected chi connectivity index (χ4v) is 2.43. The van der Waals surface area contributed by atoms with Gasteiger partial charge in [0.15, 0.2) is 5.58 Å². The van der Waals surface area contributed by atoms with Gasteiger partial charge in [-0.1, -0.05) is 6.07 Å². The average Bonchev–Trinajstić information content (AvgIpc) is 2.83. The lowest BCUT2D eigenvalue weighted by Gasteiger charge is -2.05. The summed E-state index contributed by atoms with van der Waals surface area (Å²) in [6, 6.07) is 9.03. The second-order valence-corrected chi connectivity index (χ2v) is 5.37. The zero-order valence-corrected chi connectivity index (χ0v) is 12.8. The summed E-state index contributed by atoms with van der Waals surface area (Å²) in [5.74, 6) is -0.471. The van der Waals surface area contributed by atoms with E-state index in [-0.39, 0.29) is 5.91 Å². The molecule has 0 radical (unpaired) electrons. The van der Waals surface area contributed by atoms with E-state index in [1.165, 1.54) is 4.57 Å². The van der Waals surface area contributed by atoms with Crippen molar-refractivity contribution in [2.75, 3.05) is 5.32 Å². The minimum atomic E-state index is -0.417. The first kappa shape index (κ1) is 15.0. The maximum absolute atomic E-state index is 12.0. The van der Waals surface area contributed by atoms with E-state index in [1.807, 2.05) is 18.3 Å². The molecule has 0 aliphatic carbocycles. The zero-order valence-electron chi connectivity index (χ0n) is 12.8. The molecule has 3 aromatic rings. The van der Waals surface area contributed by atoms with Crippen molar-refractivity contribution in [3.8, 4) is 0 Å². The average molecular weight is 311 g/mol. The molecule has 1 amide bonds. The van der Waals surface area contributed by atoms with Crippen LogP contribution in [-0.4, -0.2) is 15.5 Å². The van der Waals surface area contributed by atoms with Crippen molar-refractivity contribution >= 4 is 22.7 Å². The van der Waals surface area contributed by atoms with Gasteiger partial charge in [0.2, 0.25) is 5.91 Å². The number of nitrogens with one attached hydrogen (secondary N) is 1. The molecule has 0 unspecified atom stereocenters. The van der Waals surface area contributed by atoms with Crippen molar-refractivity contribution < 1.29 is 9.21 Å². The van der Waals surface area contributed by atoms with E-state index in [0.717, 1.165) is 18.4 Å². The zero-order chi connectivity index (χ0) is 16.2. The molecule has 0 spiro atoms. The Morgan fingerprint density at radius 2 is 2.22 bits per heavy atom. The van der Waals surface area contributed by atoms with Gasteiger partial charge in [-0.15, -0.1) is 0 Å². The third-order valence-electron chi connectivity index (χ3n) is 3.67. The molecule has 0 atom stereocenters. The molecule has 6 nitrogen and oxygen atoms in total. The van der Waals surface area contributed by atoms with E-state index in [9.17, 15) is 9.59 Å². The van der Waals surface area contributed by atoms with Gasteiger partial charge in [0.25, 0.3) is 0 Å². The van der Waals surface area contributed by atoms with E-state index < -0.39 is 5.76 Å². The van der Waals surface area contributed by atoms with Crippen molar-refractivity contribution in [1.82, 2.24) is 9.55 Å². The number of amides is 1. The molecule has 0 saturated heterocycles. The normalized spacial score (nSPS) is 10.8. The number of benzene rings is 1. The number of pyridine rings is 1. The van der Waals surface area contributed by atoms with Gasteiger partial charge in [-0.2, -0.15) is 0 Å². The van der Waals surface area contributed by atoms with E-state index in [4.69, 9.17) is 4.42 Å². The number of hydrogen-bond donors (Lipinski definition) is 1. The first-order valence-electron chi connectivity index (χ1n) is 7.42. The molecule has 23 heavy (non-hydrogen) atoms. The second-order valence-electron chi connectivity index (χ2n) is 5.37. The van der Waals surface area contributed by atoms with Crippen LogP contribution in [0.4, 0.5) is 5.69 Å². The molecule has 118 valence electrons. The third kappa shape index (κ3) is 3.48. The second kappa shape index (κ2) is 6.48. The summed E-state index contributed by atoms with van der Waals surface area (Å²) in [5.41, 5.74) is 2.94. The van der Waals surface area contributed by atoms with Crippen molar-refractivity contribution in [2.24, 2.45) is 7.05 Å². The SMILES string of the molecule is Cn1c(=O)oc2ccc(NC(=O)CCCc3cccnc3)cc21. The van der Waals surface area contributed by atoms with Crippen LogP contribution in [0.25, 0.3) is 11.1 Å². The van der Waals surface area contributed by atoms with Gasteiger partial charge in [-0.3, -0.25) is 14.3 Å². The van der Waals surface area contributed by atoms with Gasteiger partial charge in [0, 0.05) is 31.5 Å². The van der Waals surface area contributed by atoms with Crippen LogP contribution in [0, 0.1) is 0 Å². The van der Waals surface area contributed by atoms with E-state index in [2.05, 4.69) is 10.3 Å². The van der Waals surface area contributed by atoms with Crippen LogP contribution < -0.4 is 11.1 Å². The van der Waals surface area contributed by atoms with Crippen LogP contribution in [-0.2, 0) is 18.3 Å². The number of aromatic nitrogens is 2. The van der Waals surface area contributed by atoms with Crippen LogP contribution in [0.5, 0.6) is 0 Å². The Hall–Kier alpha value is -2.89. The van der Waals surface area contributed by atoms with E-state index in [1.54, 1.807) is 31.4 Å². The van der Waals surface area contributed by atoms with Crippen molar-refractivity contribution in [3.05, 3.63) is 58.8 Å². The summed E-state index contributed by atoms with van der Waals surface area (Å²) in [6.07, 6.45) is 5.54. The minimum absolute atomic E-state index is 0.0539. The standard InChI is InChI=1S/C17H17N3O3/c1-20-14-10-13(7-8-15(14)23-17(20)22)19-16(21)6-2-4-12-5-3-9-18-11-12/h3,5,7-11H,2,4,6H2,1H3,(H,19,21). The molecular formula is C17H17N3O3. The van der Waals surface area contributed by atoms with Gasteiger partial charge >= 0.3 is 5.76 Å². The van der Waals surface area contributed by atoms with Gasteiger partial charge in [0.1, 0.15) is 0 Å². The third-order valence-corrected chi connectivity index (χ3v) is 3.67. The number of anilines is 1. The summed E-state index contributed by atoms with van der Waals surface area (Å²) >= 11 is 0. The highest BCUT2D eigenvalue weighted by molar-refractivity contribution is 5.92. The largest absolute Gasteiger partial charge is 0.419 e. The number of aryl methyl sites for hydroxylation is 2. The van der Waals surface area contributed by atoms with Crippen LogP contribution in [0.3, 0.4) is 0 Å². The van der Waals surface area contributed by atoms with Gasteiger partial charge in [-0.05, 0) is 42.7 Å². The smallest absolute Gasteiger partial charge is 0.408 e. The lowest BCUT2D eigenvalue weighted by atomic mass is 10.1. The maximum Gasteiger partial charge on any atom is 0.419 e. The van der Waals surface area contributed by atoms with Crippen LogP contribution in [0.1, 0.15) is 18.4 Å². The Bertz CT molecular complexity index is 881. The molecule has 0 saturated carbocycles. The number of oxazole rings is 1. The van der Waals surface area contributed by atoms with Gasteiger partial charge in [-0.25, -0.2) is 4.79 Å². The van der Waals surface area contributed by atoms with Crippen LogP contribution in [0.2, 0.25) is 0 Å².